The van der Waals surface area contributed by atoms with Crippen molar-refractivity contribution in [3.63, 3.8) is 0 Å². The van der Waals surface area contributed by atoms with E-state index in [1.807, 2.05) is 12.2 Å². The lowest BCUT2D eigenvalue weighted by Gasteiger charge is -2.29. The van der Waals surface area contributed by atoms with Crippen LogP contribution in [0.4, 0.5) is 0 Å². The molecule has 0 spiro atoms. The molecule has 0 aromatic carbocycles. The number of nitrogens with one attached hydrogen (secondary N) is 1. The Balaban J connectivity index is 1.89. The molecule has 2 aliphatic heterocycles. The summed E-state index contributed by atoms with van der Waals surface area (Å²) in [4.78, 5) is 10.4. The number of rotatable bonds is 2. The molecule has 5 heteroatoms. The van der Waals surface area contributed by atoms with E-state index in [2.05, 4.69) is 5.32 Å². The molecule has 2 aliphatic rings. The third-order valence-corrected chi connectivity index (χ3v) is 2.54. The van der Waals surface area contributed by atoms with Crippen molar-refractivity contribution in [1.82, 2.24) is 5.32 Å². The van der Waals surface area contributed by atoms with Gasteiger partial charge in [-0.25, -0.2) is 0 Å². The van der Waals surface area contributed by atoms with Crippen LogP contribution in [0.25, 0.3) is 0 Å². The summed E-state index contributed by atoms with van der Waals surface area (Å²) in [5.41, 5.74) is 0. The molecule has 0 aliphatic carbocycles. The van der Waals surface area contributed by atoms with Gasteiger partial charge in [-0.3, -0.25) is 4.79 Å². The largest absolute Gasteiger partial charge is 0.481 e. The standard InChI is InChI=1S/C8H12BNO3/c11-8(12)5-6-1-2-7-9(13-6)3-4-10-7/h3-4,6-7,10H,1-2,5H2,(H,11,12). The molecule has 0 saturated carbocycles. The normalized spacial score (nSPS) is 31.2. The van der Waals surface area contributed by atoms with E-state index in [0.29, 0.717) is 5.94 Å². The zero-order valence-corrected chi connectivity index (χ0v) is 7.27. The highest BCUT2D eigenvalue weighted by atomic mass is 16.5. The monoisotopic (exact) mass is 181 g/mol. The average Bonchev–Trinajstić information content (AvgIpc) is 2.49. The molecule has 13 heavy (non-hydrogen) atoms. The van der Waals surface area contributed by atoms with Gasteiger partial charge in [0.15, 0.2) is 0 Å². The van der Waals surface area contributed by atoms with Crippen molar-refractivity contribution >= 4 is 12.9 Å². The Morgan fingerprint density at radius 1 is 1.69 bits per heavy atom. The van der Waals surface area contributed by atoms with Gasteiger partial charge in [0.2, 0.25) is 0 Å². The number of hydrogen-bond donors (Lipinski definition) is 2. The number of aliphatic carboxylic acids is 1. The lowest BCUT2D eigenvalue weighted by Crippen LogP contribution is -2.44. The Hall–Kier alpha value is -0.965. The Bertz CT molecular complexity index is 244. The highest BCUT2D eigenvalue weighted by molar-refractivity contribution is 6.60. The summed E-state index contributed by atoms with van der Waals surface area (Å²) < 4.78 is 5.59. The second-order valence-corrected chi connectivity index (χ2v) is 3.53. The van der Waals surface area contributed by atoms with Crippen molar-refractivity contribution in [2.45, 2.75) is 31.3 Å². The third kappa shape index (κ3) is 1.86. The topological polar surface area (TPSA) is 58.6 Å². The van der Waals surface area contributed by atoms with Crippen molar-refractivity contribution in [2.24, 2.45) is 0 Å². The number of hydrogen-bond acceptors (Lipinski definition) is 3. The Morgan fingerprint density at radius 3 is 3.31 bits per heavy atom. The molecule has 1 fully saturated rings. The maximum absolute atomic E-state index is 10.4. The van der Waals surface area contributed by atoms with Crippen LogP contribution in [0, 0.1) is 0 Å². The smallest absolute Gasteiger partial charge is 0.343 e. The van der Waals surface area contributed by atoms with Crippen LogP contribution in [0.5, 0.6) is 0 Å². The van der Waals surface area contributed by atoms with Gasteiger partial charge in [-0.2, -0.15) is 0 Å². The van der Waals surface area contributed by atoms with E-state index in [9.17, 15) is 4.79 Å². The first-order valence-corrected chi connectivity index (χ1v) is 4.55. The second-order valence-electron chi connectivity index (χ2n) is 3.53. The van der Waals surface area contributed by atoms with Gasteiger partial charge in [-0.05, 0) is 19.0 Å². The summed E-state index contributed by atoms with van der Waals surface area (Å²) in [6, 6.07) is 0. The summed E-state index contributed by atoms with van der Waals surface area (Å²) in [6.07, 6.45) is 3.73. The Morgan fingerprint density at radius 2 is 2.54 bits per heavy atom. The van der Waals surface area contributed by atoms with Gasteiger partial charge in [0.1, 0.15) is 0 Å². The highest BCUT2D eigenvalue weighted by Gasteiger charge is 2.36. The molecule has 70 valence electrons. The molecule has 2 atom stereocenters. The van der Waals surface area contributed by atoms with E-state index in [4.69, 9.17) is 9.76 Å². The SMILES string of the molecule is O=C(O)CC1CCC2NC=CB2O1. The van der Waals surface area contributed by atoms with Crippen LogP contribution in [0.15, 0.2) is 12.2 Å². The molecule has 2 heterocycles. The first-order valence-electron chi connectivity index (χ1n) is 4.55. The molecule has 2 rings (SSSR count). The number of carboxylic acids is 1. The minimum Gasteiger partial charge on any atom is -0.481 e. The summed E-state index contributed by atoms with van der Waals surface area (Å²) in [5, 5.41) is 11.8. The van der Waals surface area contributed by atoms with Crippen molar-refractivity contribution in [3.05, 3.63) is 12.2 Å². The van der Waals surface area contributed by atoms with Crippen LogP contribution >= 0.6 is 0 Å². The van der Waals surface area contributed by atoms with Crippen LogP contribution in [-0.4, -0.2) is 30.0 Å². The zero-order valence-electron chi connectivity index (χ0n) is 7.27. The molecule has 0 aromatic rings. The van der Waals surface area contributed by atoms with Crippen LogP contribution in [0.1, 0.15) is 19.3 Å². The maximum Gasteiger partial charge on any atom is 0.343 e. The number of carboxylic acid groups (broad SMARTS) is 1. The van der Waals surface area contributed by atoms with Crippen LogP contribution in [0.3, 0.4) is 0 Å². The molecule has 0 bridgehead atoms. The van der Waals surface area contributed by atoms with E-state index in [1.54, 1.807) is 0 Å². The molecule has 0 aromatic heterocycles. The van der Waals surface area contributed by atoms with Crippen molar-refractivity contribution in [3.8, 4) is 0 Å². The summed E-state index contributed by atoms with van der Waals surface area (Å²) in [5.74, 6) is 1.54. The van der Waals surface area contributed by atoms with Gasteiger partial charge >= 0.3 is 12.9 Å². The quantitative estimate of drug-likeness (QED) is 0.597. The highest BCUT2D eigenvalue weighted by Crippen LogP contribution is 2.22. The van der Waals surface area contributed by atoms with Crippen LogP contribution < -0.4 is 5.32 Å². The summed E-state index contributed by atoms with van der Waals surface area (Å²) in [7, 11) is 0. The predicted octanol–water partition coefficient (Wildman–Crippen LogP) is 0.196. The van der Waals surface area contributed by atoms with E-state index >= 15 is 0 Å². The Labute approximate surface area is 77.1 Å². The minimum atomic E-state index is -0.779. The Kier molecular flexibility index (Phi) is 2.27. The van der Waals surface area contributed by atoms with Crippen LogP contribution in [-0.2, 0) is 9.45 Å². The molecule has 2 unspecified atom stereocenters. The molecular weight excluding hydrogens is 169 g/mol. The molecule has 2 N–H and O–H groups in total. The molecule has 0 amide bonds. The molecular formula is C8H12BNO3. The summed E-state index contributed by atoms with van der Waals surface area (Å²) >= 11 is 0. The van der Waals surface area contributed by atoms with E-state index in [1.165, 1.54) is 0 Å². The number of fused-ring (bicyclic) bond motifs is 1. The van der Waals surface area contributed by atoms with E-state index < -0.39 is 5.97 Å². The van der Waals surface area contributed by atoms with E-state index in [-0.39, 0.29) is 19.4 Å². The second kappa shape index (κ2) is 3.42. The van der Waals surface area contributed by atoms with Gasteiger partial charge < -0.3 is 15.1 Å². The van der Waals surface area contributed by atoms with E-state index in [0.717, 1.165) is 12.8 Å². The first kappa shape index (κ1) is 8.63. The number of carbonyl (C=O) groups is 1. The van der Waals surface area contributed by atoms with Gasteiger partial charge in [-0.1, -0.05) is 5.98 Å². The average molecular weight is 181 g/mol. The lowest BCUT2D eigenvalue weighted by atomic mass is 9.59. The summed E-state index contributed by atoms with van der Waals surface area (Å²) in [6.45, 7) is 0.0816. The predicted molar refractivity (Wildman–Crippen MR) is 48.2 cm³/mol. The van der Waals surface area contributed by atoms with Gasteiger partial charge in [0.25, 0.3) is 0 Å². The van der Waals surface area contributed by atoms with Gasteiger partial charge in [0, 0.05) is 5.94 Å². The van der Waals surface area contributed by atoms with Gasteiger partial charge in [0.05, 0.1) is 12.5 Å². The minimum absolute atomic E-state index is 0.0816. The first-order chi connectivity index (χ1) is 6.25. The maximum atomic E-state index is 10.4. The third-order valence-electron chi connectivity index (χ3n) is 2.54. The fourth-order valence-corrected chi connectivity index (χ4v) is 1.89. The van der Waals surface area contributed by atoms with Crippen LogP contribution in [0.2, 0.25) is 0 Å². The zero-order chi connectivity index (χ0) is 9.26. The fourth-order valence-electron chi connectivity index (χ4n) is 1.89. The van der Waals surface area contributed by atoms with Crippen molar-refractivity contribution in [2.75, 3.05) is 0 Å². The molecule has 4 nitrogen and oxygen atoms in total. The van der Waals surface area contributed by atoms with Gasteiger partial charge in [-0.15, -0.1) is 0 Å². The van der Waals surface area contributed by atoms with Crippen molar-refractivity contribution in [1.29, 1.82) is 0 Å². The molecule has 0 radical (unpaired) electrons. The molecule has 1 saturated heterocycles. The fraction of sp³-hybridized carbons (Fsp3) is 0.625. The lowest BCUT2D eigenvalue weighted by molar-refractivity contribution is -0.139. The van der Waals surface area contributed by atoms with Crippen molar-refractivity contribution < 1.29 is 14.6 Å².